The Labute approximate surface area is 116 Å². The van der Waals surface area contributed by atoms with E-state index in [-0.39, 0.29) is 17.5 Å². The van der Waals surface area contributed by atoms with E-state index >= 15 is 0 Å². The van der Waals surface area contributed by atoms with Gasteiger partial charge in [-0.3, -0.25) is 0 Å². The van der Waals surface area contributed by atoms with E-state index in [0.29, 0.717) is 6.54 Å². The van der Waals surface area contributed by atoms with Crippen molar-refractivity contribution < 1.29 is 17.6 Å². The lowest BCUT2D eigenvalue weighted by Gasteiger charge is -2.26. The number of halogens is 4. The molecule has 0 amide bonds. The van der Waals surface area contributed by atoms with Crippen LogP contribution in [-0.2, 0) is 6.18 Å². The molecule has 112 valence electrons. The highest BCUT2D eigenvalue weighted by molar-refractivity contribution is 5.30. The summed E-state index contributed by atoms with van der Waals surface area (Å²) in [5.74, 6) is -0.344. The number of benzene rings is 1. The zero-order chi connectivity index (χ0) is 14.8. The molecule has 1 saturated carbocycles. The monoisotopic (exact) mass is 289 g/mol. The summed E-state index contributed by atoms with van der Waals surface area (Å²) in [5, 5.41) is 3.15. The zero-order valence-corrected chi connectivity index (χ0v) is 11.4. The van der Waals surface area contributed by atoms with Crippen LogP contribution >= 0.6 is 0 Å². The summed E-state index contributed by atoms with van der Waals surface area (Å²) in [6.45, 7) is 2.49. The van der Waals surface area contributed by atoms with Crippen LogP contribution in [0.25, 0.3) is 0 Å². The lowest BCUT2D eigenvalue weighted by atomic mass is 9.90. The number of rotatable bonds is 4. The van der Waals surface area contributed by atoms with Crippen LogP contribution < -0.4 is 5.32 Å². The second-order valence-electron chi connectivity index (χ2n) is 5.31. The van der Waals surface area contributed by atoms with E-state index in [4.69, 9.17) is 0 Å². The number of hydrogen-bond donors (Lipinski definition) is 1. The molecule has 1 N–H and O–H groups in total. The molecule has 0 heterocycles. The average molecular weight is 289 g/mol. The molecule has 1 unspecified atom stereocenters. The van der Waals surface area contributed by atoms with Gasteiger partial charge in [-0.1, -0.05) is 19.8 Å². The molecule has 1 aromatic carbocycles. The molecular formula is C15H19F4N. The summed E-state index contributed by atoms with van der Waals surface area (Å²) in [5.41, 5.74) is -0.636. The van der Waals surface area contributed by atoms with E-state index in [0.717, 1.165) is 43.9 Å². The molecule has 1 aliphatic carbocycles. The van der Waals surface area contributed by atoms with E-state index in [1.807, 2.05) is 6.92 Å². The maximum atomic E-state index is 14.0. The Bertz CT molecular complexity index is 450. The summed E-state index contributed by atoms with van der Waals surface area (Å²) in [6.07, 6.45) is -0.435. The van der Waals surface area contributed by atoms with Gasteiger partial charge in [0.05, 0.1) is 5.56 Å². The first-order valence-corrected chi connectivity index (χ1v) is 7.03. The van der Waals surface area contributed by atoms with Gasteiger partial charge in [0.15, 0.2) is 0 Å². The fraction of sp³-hybridized carbons (Fsp3) is 0.600. The van der Waals surface area contributed by atoms with Gasteiger partial charge in [-0.15, -0.1) is 0 Å². The van der Waals surface area contributed by atoms with E-state index in [1.165, 1.54) is 0 Å². The quantitative estimate of drug-likeness (QED) is 0.793. The van der Waals surface area contributed by atoms with Gasteiger partial charge < -0.3 is 5.32 Å². The Morgan fingerprint density at radius 2 is 1.90 bits per heavy atom. The van der Waals surface area contributed by atoms with Crippen molar-refractivity contribution in [3.63, 3.8) is 0 Å². The van der Waals surface area contributed by atoms with E-state index in [2.05, 4.69) is 5.32 Å². The molecule has 0 aromatic heterocycles. The topological polar surface area (TPSA) is 12.0 Å². The minimum atomic E-state index is -4.44. The standard InChI is InChI=1S/C15H19F4N/c1-2-20-14(10-5-3-4-6-10)12-9-11(15(17,18)19)7-8-13(12)16/h7-10,14,20H,2-6H2,1H3. The Morgan fingerprint density at radius 1 is 1.25 bits per heavy atom. The van der Waals surface area contributed by atoms with Crippen LogP contribution in [0.3, 0.4) is 0 Å². The normalized spacial score (nSPS) is 18.4. The lowest BCUT2D eigenvalue weighted by molar-refractivity contribution is -0.137. The molecule has 1 atom stereocenters. The lowest BCUT2D eigenvalue weighted by Crippen LogP contribution is -2.28. The fourth-order valence-electron chi connectivity index (χ4n) is 3.00. The number of hydrogen-bond acceptors (Lipinski definition) is 1. The van der Waals surface area contributed by atoms with Gasteiger partial charge in [0.25, 0.3) is 0 Å². The third-order valence-corrected chi connectivity index (χ3v) is 3.95. The molecule has 0 saturated heterocycles. The second-order valence-corrected chi connectivity index (χ2v) is 5.31. The summed E-state index contributed by atoms with van der Waals surface area (Å²) < 4.78 is 52.3. The highest BCUT2D eigenvalue weighted by Crippen LogP contribution is 2.38. The summed E-state index contributed by atoms with van der Waals surface area (Å²) in [4.78, 5) is 0. The van der Waals surface area contributed by atoms with Crippen molar-refractivity contribution >= 4 is 0 Å². The summed E-state index contributed by atoms with van der Waals surface area (Å²) in [6, 6.07) is 2.36. The molecule has 0 radical (unpaired) electrons. The second kappa shape index (κ2) is 6.12. The highest BCUT2D eigenvalue weighted by Gasteiger charge is 2.33. The molecule has 1 aliphatic rings. The van der Waals surface area contributed by atoms with Crippen LogP contribution in [0.15, 0.2) is 18.2 Å². The Balaban J connectivity index is 2.36. The van der Waals surface area contributed by atoms with Crippen molar-refractivity contribution in [3.8, 4) is 0 Å². The van der Waals surface area contributed by atoms with Gasteiger partial charge in [0, 0.05) is 11.6 Å². The molecular weight excluding hydrogens is 270 g/mol. The van der Waals surface area contributed by atoms with Crippen molar-refractivity contribution in [2.24, 2.45) is 5.92 Å². The molecule has 0 aliphatic heterocycles. The predicted molar refractivity (Wildman–Crippen MR) is 69.8 cm³/mol. The van der Waals surface area contributed by atoms with Gasteiger partial charge in [-0.2, -0.15) is 13.2 Å². The average Bonchev–Trinajstić information content (AvgIpc) is 2.89. The smallest absolute Gasteiger partial charge is 0.310 e. The first-order chi connectivity index (χ1) is 9.43. The van der Waals surface area contributed by atoms with E-state index in [1.54, 1.807) is 0 Å². The van der Waals surface area contributed by atoms with E-state index in [9.17, 15) is 17.6 Å². The molecule has 20 heavy (non-hydrogen) atoms. The van der Waals surface area contributed by atoms with Gasteiger partial charge in [-0.25, -0.2) is 4.39 Å². The number of alkyl halides is 3. The minimum Gasteiger partial charge on any atom is -0.310 e. The van der Waals surface area contributed by atoms with Crippen molar-refractivity contribution in [1.29, 1.82) is 0 Å². The molecule has 1 nitrogen and oxygen atoms in total. The van der Waals surface area contributed by atoms with Crippen LogP contribution in [0, 0.1) is 11.7 Å². The van der Waals surface area contributed by atoms with Gasteiger partial charge in [0.2, 0.25) is 0 Å². The molecule has 5 heteroatoms. The minimum absolute atomic E-state index is 0.147. The SMILES string of the molecule is CCNC(c1cc(C(F)(F)F)ccc1F)C1CCCC1. The van der Waals surface area contributed by atoms with Crippen molar-refractivity contribution in [1.82, 2.24) is 5.32 Å². The van der Waals surface area contributed by atoms with Gasteiger partial charge in [-0.05, 0) is 43.5 Å². The highest BCUT2D eigenvalue weighted by atomic mass is 19.4. The molecule has 0 spiro atoms. The number of nitrogens with one attached hydrogen (secondary N) is 1. The Kier molecular flexibility index (Phi) is 4.68. The fourth-order valence-corrected chi connectivity index (χ4v) is 3.00. The summed E-state index contributed by atoms with van der Waals surface area (Å²) >= 11 is 0. The molecule has 1 aromatic rings. The maximum absolute atomic E-state index is 14.0. The Morgan fingerprint density at radius 3 is 2.45 bits per heavy atom. The van der Waals surface area contributed by atoms with Crippen molar-refractivity contribution in [2.45, 2.75) is 44.8 Å². The molecule has 0 bridgehead atoms. The first kappa shape index (κ1) is 15.3. The van der Waals surface area contributed by atoms with Crippen LogP contribution in [0.4, 0.5) is 17.6 Å². The third-order valence-electron chi connectivity index (χ3n) is 3.95. The van der Waals surface area contributed by atoms with Crippen LogP contribution in [-0.4, -0.2) is 6.54 Å². The van der Waals surface area contributed by atoms with E-state index < -0.39 is 17.6 Å². The van der Waals surface area contributed by atoms with Crippen molar-refractivity contribution in [2.75, 3.05) is 6.54 Å². The van der Waals surface area contributed by atoms with Gasteiger partial charge >= 0.3 is 6.18 Å². The van der Waals surface area contributed by atoms with Crippen LogP contribution in [0.1, 0.15) is 49.8 Å². The van der Waals surface area contributed by atoms with Crippen LogP contribution in [0.2, 0.25) is 0 Å². The zero-order valence-electron chi connectivity index (χ0n) is 11.4. The third kappa shape index (κ3) is 3.32. The van der Waals surface area contributed by atoms with Crippen LogP contribution in [0.5, 0.6) is 0 Å². The van der Waals surface area contributed by atoms with Gasteiger partial charge in [0.1, 0.15) is 5.82 Å². The molecule has 1 fully saturated rings. The largest absolute Gasteiger partial charge is 0.416 e. The maximum Gasteiger partial charge on any atom is 0.416 e. The first-order valence-electron chi connectivity index (χ1n) is 7.03. The van der Waals surface area contributed by atoms with Crippen molar-refractivity contribution in [3.05, 3.63) is 35.1 Å². The predicted octanol–water partition coefficient (Wildman–Crippen LogP) is 4.69. The molecule has 2 rings (SSSR count). The Hall–Kier alpha value is -1.10. The summed E-state index contributed by atoms with van der Waals surface area (Å²) in [7, 11) is 0.